The number of methoxy groups -OCH3 is 1. The molecule has 0 spiro atoms. The standard InChI is InChI=1S/C18H13ClN2O4/c1-24-17(22)12-5-7-16(8-6-12)25-18(23)13-10-20-21(11-13)15-4-2-3-14(19)9-15/h2-11H,1H3. The highest BCUT2D eigenvalue weighted by atomic mass is 35.5. The number of halogens is 1. The van der Waals surface area contributed by atoms with Crippen LogP contribution in [0, 0.1) is 0 Å². The lowest BCUT2D eigenvalue weighted by Crippen LogP contribution is -2.08. The van der Waals surface area contributed by atoms with E-state index < -0.39 is 11.9 Å². The van der Waals surface area contributed by atoms with Crippen molar-refractivity contribution in [2.75, 3.05) is 7.11 Å². The summed E-state index contributed by atoms with van der Waals surface area (Å²) in [6, 6.07) is 13.2. The number of benzene rings is 2. The summed E-state index contributed by atoms with van der Waals surface area (Å²) in [5.74, 6) is -0.701. The molecule has 3 aromatic rings. The average molecular weight is 357 g/mol. The van der Waals surface area contributed by atoms with Crippen LogP contribution in [-0.4, -0.2) is 28.8 Å². The van der Waals surface area contributed by atoms with Gasteiger partial charge < -0.3 is 9.47 Å². The monoisotopic (exact) mass is 356 g/mol. The van der Waals surface area contributed by atoms with Crippen molar-refractivity contribution in [1.29, 1.82) is 0 Å². The Bertz CT molecular complexity index is 919. The molecule has 0 saturated heterocycles. The second-order valence-electron chi connectivity index (χ2n) is 5.06. The fourth-order valence-electron chi connectivity index (χ4n) is 2.13. The average Bonchev–Trinajstić information content (AvgIpc) is 3.12. The second kappa shape index (κ2) is 7.19. The molecule has 1 heterocycles. The highest BCUT2D eigenvalue weighted by molar-refractivity contribution is 6.30. The summed E-state index contributed by atoms with van der Waals surface area (Å²) in [6.45, 7) is 0. The number of hydrogen-bond donors (Lipinski definition) is 0. The van der Waals surface area contributed by atoms with Crippen LogP contribution < -0.4 is 4.74 Å². The van der Waals surface area contributed by atoms with Gasteiger partial charge in [0.15, 0.2) is 0 Å². The maximum absolute atomic E-state index is 12.2. The van der Waals surface area contributed by atoms with Gasteiger partial charge in [0.25, 0.3) is 0 Å². The predicted molar refractivity (Wildman–Crippen MR) is 91.3 cm³/mol. The van der Waals surface area contributed by atoms with Crippen LogP contribution in [0.15, 0.2) is 60.9 Å². The van der Waals surface area contributed by atoms with Gasteiger partial charge in [-0.15, -0.1) is 0 Å². The van der Waals surface area contributed by atoms with E-state index in [9.17, 15) is 9.59 Å². The number of nitrogens with zero attached hydrogens (tertiary/aromatic N) is 2. The molecule has 0 aliphatic rings. The van der Waals surface area contributed by atoms with E-state index in [0.29, 0.717) is 16.3 Å². The minimum absolute atomic E-state index is 0.289. The van der Waals surface area contributed by atoms with E-state index in [1.165, 1.54) is 42.3 Å². The molecule has 0 aliphatic heterocycles. The number of esters is 2. The largest absolute Gasteiger partial charge is 0.465 e. The van der Waals surface area contributed by atoms with Gasteiger partial charge in [-0.05, 0) is 42.5 Å². The highest BCUT2D eigenvalue weighted by Gasteiger charge is 2.13. The van der Waals surface area contributed by atoms with Gasteiger partial charge in [-0.25, -0.2) is 14.3 Å². The van der Waals surface area contributed by atoms with Crippen molar-refractivity contribution in [3.8, 4) is 11.4 Å². The first-order valence-electron chi connectivity index (χ1n) is 7.28. The molecule has 25 heavy (non-hydrogen) atoms. The molecule has 126 valence electrons. The molecule has 3 rings (SSSR count). The summed E-state index contributed by atoms with van der Waals surface area (Å²) in [5, 5.41) is 4.71. The minimum Gasteiger partial charge on any atom is -0.465 e. The topological polar surface area (TPSA) is 70.4 Å². The van der Waals surface area contributed by atoms with E-state index in [0.717, 1.165) is 5.69 Å². The summed E-state index contributed by atoms with van der Waals surface area (Å²) >= 11 is 5.95. The lowest BCUT2D eigenvalue weighted by molar-refractivity contribution is 0.0600. The van der Waals surface area contributed by atoms with E-state index in [1.807, 2.05) is 6.07 Å². The molecule has 0 radical (unpaired) electrons. The number of carbonyl (C=O) groups is 2. The first-order valence-corrected chi connectivity index (χ1v) is 7.66. The molecule has 1 aromatic heterocycles. The van der Waals surface area contributed by atoms with Crippen molar-refractivity contribution in [3.05, 3.63) is 77.1 Å². The molecule has 0 aliphatic carbocycles. The van der Waals surface area contributed by atoms with E-state index in [4.69, 9.17) is 16.3 Å². The lowest BCUT2D eigenvalue weighted by atomic mass is 10.2. The zero-order valence-electron chi connectivity index (χ0n) is 13.2. The number of carbonyl (C=O) groups excluding carboxylic acids is 2. The Balaban J connectivity index is 1.73. The smallest absolute Gasteiger partial charge is 0.346 e. The van der Waals surface area contributed by atoms with Crippen molar-refractivity contribution in [2.45, 2.75) is 0 Å². The molecular formula is C18H13ClN2O4. The van der Waals surface area contributed by atoms with Gasteiger partial charge in [-0.1, -0.05) is 17.7 Å². The molecular weight excluding hydrogens is 344 g/mol. The zero-order valence-corrected chi connectivity index (χ0v) is 13.9. The summed E-state index contributed by atoms with van der Waals surface area (Å²) in [6.07, 6.45) is 2.96. The van der Waals surface area contributed by atoms with Crippen LogP contribution in [0.25, 0.3) is 5.69 Å². The molecule has 0 N–H and O–H groups in total. The van der Waals surface area contributed by atoms with Crippen molar-refractivity contribution in [3.63, 3.8) is 0 Å². The van der Waals surface area contributed by atoms with Crippen LogP contribution >= 0.6 is 11.6 Å². The van der Waals surface area contributed by atoms with Gasteiger partial charge in [0.05, 0.1) is 30.1 Å². The number of aromatic nitrogens is 2. The van der Waals surface area contributed by atoms with Gasteiger partial charge in [0.1, 0.15) is 5.75 Å². The van der Waals surface area contributed by atoms with Gasteiger partial charge in [-0.3, -0.25) is 0 Å². The van der Waals surface area contributed by atoms with E-state index in [1.54, 1.807) is 24.4 Å². The van der Waals surface area contributed by atoms with Gasteiger partial charge in [-0.2, -0.15) is 5.10 Å². The third-order valence-electron chi connectivity index (χ3n) is 3.38. The zero-order chi connectivity index (χ0) is 17.8. The molecule has 0 amide bonds. The third kappa shape index (κ3) is 3.87. The maximum atomic E-state index is 12.2. The van der Waals surface area contributed by atoms with E-state index >= 15 is 0 Å². The maximum Gasteiger partial charge on any atom is 0.346 e. The van der Waals surface area contributed by atoms with Gasteiger partial charge in [0, 0.05) is 11.2 Å². The van der Waals surface area contributed by atoms with Crippen LogP contribution in [-0.2, 0) is 4.74 Å². The van der Waals surface area contributed by atoms with Gasteiger partial charge in [0.2, 0.25) is 0 Å². The van der Waals surface area contributed by atoms with E-state index in [-0.39, 0.29) is 5.56 Å². The Morgan fingerprint density at radius 2 is 1.80 bits per heavy atom. The van der Waals surface area contributed by atoms with Crippen molar-refractivity contribution in [1.82, 2.24) is 9.78 Å². The van der Waals surface area contributed by atoms with Crippen LogP contribution in [0.1, 0.15) is 20.7 Å². The van der Waals surface area contributed by atoms with Crippen LogP contribution in [0.5, 0.6) is 5.75 Å². The van der Waals surface area contributed by atoms with Gasteiger partial charge >= 0.3 is 11.9 Å². The summed E-state index contributed by atoms with van der Waals surface area (Å²) in [5.41, 5.74) is 1.39. The van der Waals surface area contributed by atoms with Crippen molar-refractivity contribution < 1.29 is 19.1 Å². The Kier molecular flexibility index (Phi) is 4.81. The molecule has 2 aromatic carbocycles. The molecule has 0 fully saturated rings. The molecule has 0 saturated carbocycles. The van der Waals surface area contributed by atoms with Crippen molar-refractivity contribution in [2.24, 2.45) is 0 Å². The number of rotatable bonds is 4. The van der Waals surface area contributed by atoms with Crippen LogP contribution in [0.4, 0.5) is 0 Å². The molecule has 0 bridgehead atoms. The number of ether oxygens (including phenoxy) is 2. The fraction of sp³-hybridized carbons (Fsp3) is 0.0556. The summed E-state index contributed by atoms with van der Waals surface area (Å²) < 4.78 is 11.4. The molecule has 7 heteroatoms. The molecule has 0 atom stereocenters. The quantitative estimate of drug-likeness (QED) is 0.528. The normalized spacial score (nSPS) is 10.3. The molecule has 6 nitrogen and oxygen atoms in total. The third-order valence-corrected chi connectivity index (χ3v) is 3.61. The second-order valence-corrected chi connectivity index (χ2v) is 5.50. The lowest BCUT2D eigenvalue weighted by Gasteiger charge is -2.04. The first kappa shape index (κ1) is 16.7. The Hall–Kier alpha value is -3.12. The van der Waals surface area contributed by atoms with Crippen molar-refractivity contribution >= 4 is 23.5 Å². The highest BCUT2D eigenvalue weighted by Crippen LogP contribution is 2.17. The van der Waals surface area contributed by atoms with Crippen LogP contribution in [0.3, 0.4) is 0 Å². The molecule has 0 unspecified atom stereocenters. The predicted octanol–water partition coefficient (Wildman–Crippen LogP) is 3.53. The first-order chi connectivity index (χ1) is 12.1. The number of hydrogen-bond acceptors (Lipinski definition) is 5. The Morgan fingerprint density at radius 1 is 1.04 bits per heavy atom. The summed E-state index contributed by atoms with van der Waals surface area (Å²) in [4.78, 5) is 23.6. The Morgan fingerprint density at radius 3 is 2.48 bits per heavy atom. The van der Waals surface area contributed by atoms with Crippen LogP contribution in [0.2, 0.25) is 5.02 Å². The Labute approximate surface area is 148 Å². The minimum atomic E-state index is -0.556. The van der Waals surface area contributed by atoms with E-state index in [2.05, 4.69) is 9.84 Å². The SMILES string of the molecule is COC(=O)c1ccc(OC(=O)c2cnn(-c3cccc(Cl)c3)c2)cc1. The fourth-order valence-corrected chi connectivity index (χ4v) is 2.32. The summed E-state index contributed by atoms with van der Waals surface area (Å²) in [7, 11) is 1.30.